The molecule has 120 valence electrons. The predicted molar refractivity (Wildman–Crippen MR) is 93.8 cm³/mol. The van der Waals surface area contributed by atoms with Crippen LogP contribution in [-0.4, -0.2) is 14.2 Å². The van der Waals surface area contributed by atoms with Crippen LogP contribution in [0, 0.1) is 0 Å². The highest BCUT2D eigenvalue weighted by molar-refractivity contribution is 7.91. The molecule has 0 amide bonds. The second-order valence-corrected chi connectivity index (χ2v) is 8.06. The third-order valence-electron chi connectivity index (χ3n) is 3.90. The van der Waals surface area contributed by atoms with Crippen molar-refractivity contribution >= 4 is 32.4 Å². The Morgan fingerprint density at radius 3 is 2.30 bits per heavy atom. The van der Waals surface area contributed by atoms with E-state index in [9.17, 15) is 8.42 Å². The first-order valence-electron chi connectivity index (χ1n) is 7.49. The topological polar surface area (TPSA) is 47.3 Å². The molecule has 0 aliphatic rings. The van der Waals surface area contributed by atoms with Crippen LogP contribution in [0.15, 0.2) is 51.8 Å². The summed E-state index contributed by atoms with van der Waals surface area (Å²) in [6.45, 7) is 3.67. The summed E-state index contributed by atoms with van der Waals surface area (Å²) in [4.78, 5) is 0.340. The second kappa shape index (κ2) is 6.02. The van der Waals surface area contributed by atoms with E-state index in [-0.39, 0.29) is 5.75 Å². The minimum atomic E-state index is -3.18. The molecule has 0 radical (unpaired) electrons. The van der Waals surface area contributed by atoms with E-state index in [1.54, 1.807) is 31.2 Å². The standard InChI is InChI=1S/C18H17ClO3S/c1-3-15-10-14-9-13(11-17(19)18(14)22-15)12-5-7-16(8-6-12)23(20,21)4-2/h5-11H,3-4H2,1-2H3. The number of hydrogen-bond acceptors (Lipinski definition) is 3. The lowest BCUT2D eigenvalue weighted by molar-refractivity contribution is 0.557. The molecule has 0 saturated carbocycles. The van der Waals surface area contributed by atoms with Crippen molar-refractivity contribution in [2.45, 2.75) is 25.2 Å². The van der Waals surface area contributed by atoms with Crippen LogP contribution in [-0.2, 0) is 16.3 Å². The third-order valence-corrected chi connectivity index (χ3v) is 5.93. The highest BCUT2D eigenvalue weighted by Crippen LogP contribution is 2.33. The maximum atomic E-state index is 11.9. The summed E-state index contributed by atoms with van der Waals surface area (Å²) in [6.07, 6.45) is 0.809. The molecule has 0 saturated heterocycles. The summed E-state index contributed by atoms with van der Waals surface area (Å²) < 4.78 is 29.5. The maximum absolute atomic E-state index is 11.9. The summed E-state index contributed by atoms with van der Waals surface area (Å²) in [5.74, 6) is 0.988. The van der Waals surface area contributed by atoms with Crippen LogP contribution in [0.4, 0.5) is 0 Å². The van der Waals surface area contributed by atoms with Crippen molar-refractivity contribution in [3.8, 4) is 11.1 Å². The van der Waals surface area contributed by atoms with E-state index >= 15 is 0 Å². The zero-order valence-electron chi connectivity index (χ0n) is 13.0. The molecule has 23 heavy (non-hydrogen) atoms. The zero-order chi connectivity index (χ0) is 16.6. The van der Waals surface area contributed by atoms with E-state index in [1.165, 1.54) is 0 Å². The van der Waals surface area contributed by atoms with Gasteiger partial charge in [0.1, 0.15) is 5.76 Å². The smallest absolute Gasteiger partial charge is 0.178 e. The summed E-state index contributed by atoms with van der Waals surface area (Å²) in [7, 11) is -3.18. The van der Waals surface area contributed by atoms with Gasteiger partial charge in [0.15, 0.2) is 15.4 Å². The fourth-order valence-corrected chi connectivity index (χ4v) is 3.68. The first-order chi connectivity index (χ1) is 10.9. The van der Waals surface area contributed by atoms with E-state index in [4.69, 9.17) is 16.0 Å². The van der Waals surface area contributed by atoms with E-state index in [2.05, 4.69) is 0 Å². The van der Waals surface area contributed by atoms with E-state index in [0.717, 1.165) is 28.7 Å². The van der Waals surface area contributed by atoms with Gasteiger partial charge in [-0.3, -0.25) is 0 Å². The summed E-state index contributed by atoms with van der Waals surface area (Å²) in [6, 6.07) is 12.7. The quantitative estimate of drug-likeness (QED) is 0.658. The van der Waals surface area contributed by atoms with Crippen LogP contribution in [0.25, 0.3) is 22.1 Å². The molecule has 3 rings (SSSR count). The number of halogens is 1. The first kappa shape index (κ1) is 16.1. The Morgan fingerprint density at radius 1 is 1.00 bits per heavy atom. The summed E-state index contributed by atoms with van der Waals surface area (Å²) in [5.41, 5.74) is 2.55. The Balaban J connectivity index is 2.06. The number of rotatable bonds is 4. The molecule has 0 unspecified atom stereocenters. The average Bonchev–Trinajstić information content (AvgIpc) is 2.99. The molecule has 0 bridgehead atoms. The third kappa shape index (κ3) is 3.01. The molecule has 3 aromatic rings. The Hall–Kier alpha value is -1.78. The van der Waals surface area contributed by atoms with Gasteiger partial charge in [-0.1, -0.05) is 37.6 Å². The van der Waals surface area contributed by atoms with Gasteiger partial charge < -0.3 is 4.42 Å². The lowest BCUT2D eigenvalue weighted by atomic mass is 10.0. The molecule has 1 heterocycles. The van der Waals surface area contributed by atoms with E-state index in [0.29, 0.717) is 15.5 Å². The van der Waals surface area contributed by atoms with Crippen LogP contribution in [0.5, 0.6) is 0 Å². The van der Waals surface area contributed by atoms with Gasteiger partial charge in [0, 0.05) is 11.8 Å². The molecular formula is C18H17ClO3S. The highest BCUT2D eigenvalue weighted by atomic mass is 35.5. The van der Waals surface area contributed by atoms with Crippen LogP contribution in [0.2, 0.25) is 5.02 Å². The number of furan rings is 1. The van der Waals surface area contributed by atoms with Crippen molar-refractivity contribution in [1.82, 2.24) is 0 Å². The molecule has 0 fully saturated rings. The number of benzene rings is 2. The SMILES string of the molecule is CCc1cc2cc(-c3ccc(S(=O)(=O)CC)cc3)cc(Cl)c2o1. The van der Waals surface area contributed by atoms with Crippen molar-refractivity contribution in [2.24, 2.45) is 0 Å². The molecule has 2 aromatic carbocycles. The predicted octanol–water partition coefficient (Wildman–Crippen LogP) is 5.11. The van der Waals surface area contributed by atoms with E-state index in [1.807, 2.05) is 25.1 Å². The van der Waals surface area contributed by atoms with Gasteiger partial charge in [0.2, 0.25) is 0 Å². The van der Waals surface area contributed by atoms with Crippen LogP contribution >= 0.6 is 11.6 Å². The van der Waals surface area contributed by atoms with Crippen molar-refractivity contribution in [3.05, 3.63) is 53.2 Å². The zero-order valence-corrected chi connectivity index (χ0v) is 14.5. The minimum Gasteiger partial charge on any atom is -0.460 e. The first-order valence-corrected chi connectivity index (χ1v) is 9.52. The molecule has 3 nitrogen and oxygen atoms in total. The van der Waals surface area contributed by atoms with Crippen LogP contribution in [0.3, 0.4) is 0 Å². The van der Waals surface area contributed by atoms with Crippen molar-refractivity contribution < 1.29 is 12.8 Å². The number of fused-ring (bicyclic) bond motifs is 1. The van der Waals surface area contributed by atoms with Gasteiger partial charge in [-0.05, 0) is 41.5 Å². The van der Waals surface area contributed by atoms with Crippen LogP contribution in [0.1, 0.15) is 19.6 Å². The largest absolute Gasteiger partial charge is 0.460 e. The van der Waals surface area contributed by atoms with Gasteiger partial charge in [-0.25, -0.2) is 8.42 Å². The minimum absolute atomic E-state index is 0.0962. The number of sulfone groups is 1. The maximum Gasteiger partial charge on any atom is 0.178 e. The average molecular weight is 349 g/mol. The van der Waals surface area contributed by atoms with Gasteiger partial charge in [0.25, 0.3) is 0 Å². The Morgan fingerprint density at radius 2 is 1.70 bits per heavy atom. The fourth-order valence-electron chi connectivity index (χ4n) is 2.53. The monoisotopic (exact) mass is 348 g/mol. The molecule has 0 aliphatic heterocycles. The Labute approximate surface area is 140 Å². The molecule has 1 aromatic heterocycles. The van der Waals surface area contributed by atoms with Gasteiger partial charge in [0.05, 0.1) is 15.7 Å². The summed E-state index contributed by atoms with van der Waals surface area (Å²) in [5, 5.41) is 1.51. The molecule has 0 N–H and O–H groups in total. The molecule has 0 atom stereocenters. The van der Waals surface area contributed by atoms with Crippen molar-refractivity contribution in [1.29, 1.82) is 0 Å². The van der Waals surface area contributed by atoms with E-state index < -0.39 is 9.84 Å². The molecule has 5 heteroatoms. The Kier molecular flexibility index (Phi) is 4.21. The van der Waals surface area contributed by atoms with Gasteiger partial charge >= 0.3 is 0 Å². The molecule has 0 spiro atoms. The Bertz CT molecular complexity index is 954. The lowest BCUT2D eigenvalue weighted by Crippen LogP contribution is -2.03. The van der Waals surface area contributed by atoms with Crippen molar-refractivity contribution in [3.63, 3.8) is 0 Å². The number of aryl methyl sites for hydroxylation is 1. The second-order valence-electron chi connectivity index (χ2n) is 5.37. The molecular weight excluding hydrogens is 332 g/mol. The van der Waals surface area contributed by atoms with Crippen LogP contribution < -0.4 is 0 Å². The fraction of sp³-hybridized carbons (Fsp3) is 0.222. The van der Waals surface area contributed by atoms with Gasteiger partial charge in [-0.2, -0.15) is 0 Å². The highest BCUT2D eigenvalue weighted by Gasteiger charge is 2.13. The van der Waals surface area contributed by atoms with Crippen molar-refractivity contribution in [2.75, 3.05) is 5.75 Å². The number of hydrogen-bond donors (Lipinski definition) is 0. The lowest BCUT2D eigenvalue weighted by Gasteiger charge is -2.06. The van der Waals surface area contributed by atoms with Gasteiger partial charge in [-0.15, -0.1) is 0 Å². The summed E-state index contributed by atoms with van der Waals surface area (Å²) >= 11 is 6.32. The normalized spacial score (nSPS) is 12.0. The molecule has 0 aliphatic carbocycles.